The second-order valence-electron chi connectivity index (χ2n) is 6.02. The minimum absolute atomic E-state index is 0.176. The van der Waals surface area contributed by atoms with E-state index in [4.69, 9.17) is 16.3 Å². The van der Waals surface area contributed by atoms with E-state index in [9.17, 15) is 4.79 Å². The molecule has 1 aliphatic heterocycles. The Morgan fingerprint density at radius 1 is 1.16 bits per heavy atom. The van der Waals surface area contributed by atoms with Gasteiger partial charge in [0.25, 0.3) is 5.91 Å². The maximum atomic E-state index is 12.4. The number of morpholine rings is 1. The summed E-state index contributed by atoms with van der Waals surface area (Å²) in [4.78, 5) is 14.7. The van der Waals surface area contributed by atoms with E-state index in [-0.39, 0.29) is 5.91 Å². The highest BCUT2D eigenvalue weighted by molar-refractivity contribution is 9.10. The summed E-state index contributed by atoms with van der Waals surface area (Å²) in [5, 5.41) is 3.38. The minimum Gasteiger partial charge on any atom is -0.379 e. The SMILES string of the molecule is O=C(NCc1cccc(CN2CCOCC2)c1)c1cc(Br)ccc1Cl. The van der Waals surface area contributed by atoms with Gasteiger partial charge in [-0.3, -0.25) is 9.69 Å². The molecular weight excluding hydrogens is 404 g/mol. The van der Waals surface area contributed by atoms with Gasteiger partial charge in [0.2, 0.25) is 0 Å². The summed E-state index contributed by atoms with van der Waals surface area (Å²) in [5.41, 5.74) is 2.79. The van der Waals surface area contributed by atoms with Crippen LogP contribution in [0.5, 0.6) is 0 Å². The summed E-state index contributed by atoms with van der Waals surface area (Å²) in [6.07, 6.45) is 0. The Bertz CT molecular complexity index is 748. The Hall–Kier alpha value is -1.40. The molecule has 6 heteroatoms. The lowest BCUT2D eigenvalue weighted by atomic mass is 10.1. The number of nitrogens with one attached hydrogen (secondary N) is 1. The van der Waals surface area contributed by atoms with E-state index < -0.39 is 0 Å². The van der Waals surface area contributed by atoms with Crippen LogP contribution in [0.25, 0.3) is 0 Å². The molecule has 0 atom stereocenters. The standard InChI is InChI=1S/C19H20BrClN2O2/c20-16-4-5-18(21)17(11-16)19(24)22-12-14-2-1-3-15(10-14)13-23-6-8-25-9-7-23/h1-5,10-11H,6-9,12-13H2,(H,22,24). The van der Waals surface area contributed by atoms with Gasteiger partial charge < -0.3 is 10.1 Å². The number of amides is 1. The molecule has 0 aromatic heterocycles. The van der Waals surface area contributed by atoms with Crippen molar-refractivity contribution < 1.29 is 9.53 Å². The van der Waals surface area contributed by atoms with Gasteiger partial charge in [-0.25, -0.2) is 0 Å². The average Bonchev–Trinajstić information content (AvgIpc) is 2.63. The van der Waals surface area contributed by atoms with Crippen molar-refractivity contribution in [2.75, 3.05) is 26.3 Å². The molecule has 2 aromatic carbocycles. The fraction of sp³-hybridized carbons (Fsp3) is 0.316. The van der Waals surface area contributed by atoms with Gasteiger partial charge in [-0.2, -0.15) is 0 Å². The van der Waals surface area contributed by atoms with Gasteiger partial charge in [0.15, 0.2) is 0 Å². The third-order valence-electron chi connectivity index (χ3n) is 4.13. The molecule has 0 saturated carbocycles. The van der Waals surface area contributed by atoms with Crippen molar-refractivity contribution in [3.63, 3.8) is 0 Å². The first-order valence-electron chi connectivity index (χ1n) is 8.23. The second kappa shape index (κ2) is 8.81. The quantitative estimate of drug-likeness (QED) is 0.794. The molecule has 0 bridgehead atoms. The molecule has 1 heterocycles. The van der Waals surface area contributed by atoms with Crippen molar-refractivity contribution in [1.29, 1.82) is 0 Å². The van der Waals surface area contributed by atoms with Crippen molar-refractivity contribution >= 4 is 33.4 Å². The summed E-state index contributed by atoms with van der Waals surface area (Å²) in [6, 6.07) is 13.6. The maximum absolute atomic E-state index is 12.4. The summed E-state index contributed by atoms with van der Waals surface area (Å²) in [5.74, 6) is -0.176. The number of hydrogen-bond donors (Lipinski definition) is 1. The Morgan fingerprint density at radius 3 is 2.72 bits per heavy atom. The van der Waals surface area contributed by atoms with E-state index in [0.717, 1.165) is 42.9 Å². The maximum Gasteiger partial charge on any atom is 0.253 e. The highest BCUT2D eigenvalue weighted by atomic mass is 79.9. The molecule has 1 amide bonds. The topological polar surface area (TPSA) is 41.6 Å². The fourth-order valence-electron chi connectivity index (χ4n) is 2.80. The van der Waals surface area contributed by atoms with Crippen molar-refractivity contribution in [3.8, 4) is 0 Å². The third kappa shape index (κ3) is 5.28. The Kier molecular flexibility index (Phi) is 6.48. The Labute approximate surface area is 161 Å². The Balaban J connectivity index is 1.60. The van der Waals surface area contributed by atoms with Crippen molar-refractivity contribution in [1.82, 2.24) is 10.2 Å². The summed E-state index contributed by atoms with van der Waals surface area (Å²) in [6.45, 7) is 4.89. The van der Waals surface area contributed by atoms with Crippen molar-refractivity contribution in [3.05, 3.63) is 68.7 Å². The molecule has 1 saturated heterocycles. The van der Waals surface area contributed by atoms with E-state index in [1.807, 2.05) is 18.2 Å². The number of benzene rings is 2. The summed E-state index contributed by atoms with van der Waals surface area (Å²) >= 11 is 9.47. The number of carbonyl (C=O) groups is 1. The predicted molar refractivity (Wildman–Crippen MR) is 103 cm³/mol. The van der Waals surface area contributed by atoms with Crippen LogP contribution in [0, 0.1) is 0 Å². The number of carbonyl (C=O) groups excluding carboxylic acids is 1. The minimum atomic E-state index is -0.176. The van der Waals surface area contributed by atoms with Gasteiger partial charge >= 0.3 is 0 Å². The smallest absolute Gasteiger partial charge is 0.253 e. The van der Waals surface area contributed by atoms with E-state index in [0.29, 0.717) is 17.1 Å². The molecule has 0 radical (unpaired) electrons. The van der Waals surface area contributed by atoms with Crippen LogP contribution in [0.15, 0.2) is 46.9 Å². The predicted octanol–water partition coefficient (Wildman–Crippen LogP) is 3.86. The lowest BCUT2D eigenvalue weighted by Gasteiger charge is -2.26. The van der Waals surface area contributed by atoms with Crippen LogP contribution in [0.3, 0.4) is 0 Å². The monoisotopic (exact) mass is 422 g/mol. The first-order valence-corrected chi connectivity index (χ1v) is 9.40. The van der Waals surface area contributed by atoms with Gasteiger partial charge in [0, 0.05) is 30.7 Å². The van der Waals surface area contributed by atoms with Crippen LogP contribution in [-0.2, 0) is 17.8 Å². The van der Waals surface area contributed by atoms with Crippen LogP contribution >= 0.6 is 27.5 Å². The van der Waals surface area contributed by atoms with Crippen LogP contribution in [-0.4, -0.2) is 37.1 Å². The van der Waals surface area contributed by atoms with Crippen LogP contribution in [0.2, 0.25) is 5.02 Å². The Morgan fingerprint density at radius 2 is 1.92 bits per heavy atom. The molecule has 0 spiro atoms. The normalized spacial score (nSPS) is 15.1. The molecule has 2 aromatic rings. The zero-order valence-electron chi connectivity index (χ0n) is 13.8. The van der Waals surface area contributed by atoms with Gasteiger partial charge in [-0.1, -0.05) is 51.8 Å². The highest BCUT2D eigenvalue weighted by Crippen LogP contribution is 2.21. The van der Waals surface area contributed by atoms with Gasteiger partial charge in [-0.05, 0) is 29.3 Å². The number of nitrogens with zero attached hydrogens (tertiary/aromatic N) is 1. The van der Waals surface area contributed by atoms with E-state index >= 15 is 0 Å². The third-order valence-corrected chi connectivity index (χ3v) is 4.95. The van der Waals surface area contributed by atoms with Gasteiger partial charge in [-0.15, -0.1) is 0 Å². The second-order valence-corrected chi connectivity index (χ2v) is 7.34. The first kappa shape index (κ1) is 18.4. The van der Waals surface area contributed by atoms with Gasteiger partial charge in [0.1, 0.15) is 0 Å². The number of ether oxygens (including phenoxy) is 1. The fourth-order valence-corrected chi connectivity index (χ4v) is 3.37. The van der Waals surface area contributed by atoms with Gasteiger partial charge in [0.05, 0.1) is 23.8 Å². The lowest BCUT2D eigenvalue weighted by molar-refractivity contribution is 0.0342. The van der Waals surface area contributed by atoms with Crippen LogP contribution < -0.4 is 5.32 Å². The first-order chi connectivity index (χ1) is 12.1. The van der Waals surface area contributed by atoms with E-state index in [1.165, 1.54) is 5.56 Å². The number of rotatable bonds is 5. The molecule has 25 heavy (non-hydrogen) atoms. The van der Waals surface area contributed by atoms with Crippen LogP contribution in [0.1, 0.15) is 21.5 Å². The largest absolute Gasteiger partial charge is 0.379 e. The van der Waals surface area contributed by atoms with E-state index in [2.05, 4.69) is 38.3 Å². The summed E-state index contributed by atoms with van der Waals surface area (Å²) < 4.78 is 6.21. The molecule has 1 N–H and O–H groups in total. The lowest BCUT2D eigenvalue weighted by Crippen LogP contribution is -2.35. The molecule has 0 unspecified atom stereocenters. The zero-order valence-corrected chi connectivity index (χ0v) is 16.1. The average molecular weight is 424 g/mol. The summed E-state index contributed by atoms with van der Waals surface area (Å²) in [7, 11) is 0. The molecule has 1 fully saturated rings. The number of halogens is 2. The molecule has 4 nitrogen and oxygen atoms in total. The van der Waals surface area contributed by atoms with Crippen LogP contribution in [0.4, 0.5) is 0 Å². The molecular formula is C19H20BrClN2O2. The highest BCUT2D eigenvalue weighted by Gasteiger charge is 2.12. The molecule has 0 aliphatic carbocycles. The van der Waals surface area contributed by atoms with Crippen molar-refractivity contribution in [2.45, 2.75) is 13.1 Å². The molecule has 1 aliphatic rings. The van der Waals surface area contributed by atoms with E-state index in [1.54, 1.807) is 12.1 Å². The van der Waals surface area contributed by atoms with Crippen molar-refractivity contribution in [2.24, 2.45) is 0 Å². The molecule has 132 valence electrons. The zero-order chi connectivity index (χ0) is 17.6. The number of hydrogen-bond acceptors (Lipinski definition) is 3. The molecule has 3 rings (SSSR count).